The molecular formula is C9H14BNO6. The van der Waals surface area contributed by atoms with Crippen molar-refractivity contribution in [1.29, 1.82) is 0 Å². The zero-order valence-corrected chi connectivity index (χ0v) is 9.20. The molecule has 94 valence electrons. The third-order valence-electron chi connectivity index (χ3n) is 2.92. The molecule has 1 saturated heterocycles. The molecule has 0 aromatic heterocycles. The van der Waals surface area contributed by atoms with Crippen LogP contribution in [0.15, 0.2) is 0 Å². The van der Waals surface area contributed by atoms with Crippen molar-refractivity contribution in [3.05, 3.63) is 0 Å². The van der Waals surface area contributed by atoms with Gasteiger partial charge in [0.2, 0.25) is 0 Å². The maximum atomic E-state index is 11.0. The maximum absolute atomic E-state index is 11.0. The van der Waals surface area contributed by atoms with E-state index in [1.165, 1.54) is 0 Å². The average molecular weight is 243 g/mol. The quantitative estimate of drug-likeness (QED) is 0.322. The first kappa shape index (κ1) is 12.3. The van der Waals surface area contributed by atoms with Crippen molar-refractivity contribution >= 4 is 19.8 Å². The molecule has 2 aliphatic rings. The van der Waals surface area contributed by atoms with Gasteiger partial charge in [0.05, 0.1) is 19.4 Å². The zero-order chi connectivity index (χ0) is 12.3. The number of carbonyl (C=O) groups is 2. The fraction of sp³-hybridized carbons (Fsp3) is 0.778. The minimum absolute atomic E-state index is 0.0882. The Labute approximate surface area is 98.7 Å². The molecule has 1 heterocycles. The Hall–Kier alpha value is -1.12. The molecule has 0 aromatic carbocycles. The number of aliphatic hydroxyl groups is 1. The standard InChI is InChI=1S/C9H14BNO6/c12-1-2-15-6-3-5(11-10-4-13)7-8(6)17-9(14)16-7/h4-8,10-12H,1-3H2/t5-,6+,7+,8-/m1/s1. The summed E-state index contributed by atoms with van der Waals surface area (Å²) in [6, 6.07) is -0.152. The minimum atomic E-state index is -0.713. The lowest BCUT2D eigenvalue weighted by molar-refractivity contribution is -0.0273. The van der Waals surface area contributed by atoms with E-state index in [4.69, 9.17) is 19.3 Å². The predicted octanol–water partition coefficient (Wildman–Crippen LogP) is -1.83. The minimum Gasteiger partial charge on any atom is -0.425 e. The summed E-state index contributed by atoms with van der Waals surface area (Å²) in [5.41, 5.74) is 0. The van der Waals surface area contributed by atoms with E-state index in [2.05, 4.69) is 5.23 Å². The third-order valence-corrected chi connectivity index (χ3v) is 2.92. The summed E-state index contributed by atoms with van der Waals surface area (Å²) in [6.45, 7) is 0.0982. The van der Waals surface area contributed by atoms with E-state index < -0.39 is 18.4 Å². The summed E-state index contributed by atoms with van der Waals surface area (Å²) in [5, 5.41) is 11.7. The smallest absolute Gasteiger partial charge is 0.425 e. The molecule has 1 saturated carbocycles. The lowest BCUT2D eigenvalue weighted by atomic mass is 9.95. The maximum Gasteiger partial charge on any atom is 0.509 e. The Morgan fingerprint density at radius 1 is 1.53 bits per heavy atom. The number of ether oxygens (including phenoxy) is 3. The summed E-state index contributed by atoms with van der Waals surface area (Å²) in [5.74, 6) is 0. The average Bonchev–Trinajstić information content (AvgIpc) is 2.82. The number of fused-ring (bicyclic) bond motifs is 1. The number of carbonyl (C=O) groups excluding carboxylic acids is 2. The first-order chi connectivity index (χ1) is 8.26. The monoisotopic (exact) mass is 243 g/mol. The Kier molecular flexibility index (Phi) is 3.98. The van der Waals surface area contributed by atoms with Crippen molar-refractivity contribution in [2.75, 3.05) is 13.2 Å². The van der Waals surface area contributed by atoms with Gasteiger partial charge in [-0.2, -0.15) is 0 Å². The van der Waals surface area contributed by atoms with Gasteiger partial charge in [-0.15, -0.1) is 0 Å². The van der Waals surface area contributed by atoms with Gasteiger partial charge in [0.1, 0.15) is 6.10 Å². The Bertz CT molecular complexity index is 301. The lowest BCUT2D eigenvalue weighted by Gasteiger charge is -2.15. The van der Waals surface area contributed by atoms with Crippen molar-refractivity contribution in [1.82, 2.24) is 5.23 Å². The van der Waals surface area contributed by atoms with Crippen LogP contribution in [0.3, 0.4) is 0 Å². The summed E-state index contributed by atoms with van der Waals surface area (Å²) < 4.78 is 15.4. The van der Waals surface area contributed by atoms with Crippen molar-refractivity contribution in [3.63, 3.8) is 0 Å². The summed E-state index contributed by atoms with van der Waals surface area (Å²) in [6.07, 6.45) is -0.576. The fourth-order valence-electron chi connectivity index (χ4n) is 2.27. The first-order valence-electron chi connectivity index (χ1n) is 5.53. The van der Waals surface area contributed by atoms with E-state index in [-0.39, 0.29) is 32.8 Å². The molecule has 17 heavy (non-hydrogen) atoms. The molecule has 0 bridgehead atoms. The van der Waals surface area contributed by atoms with E-state index in [0.29, 0.717) is 6.42 Å². The van der Waals surface area contributed by atoms with Gasteiger partial charge in [-0.05, 0) is 6.42 Å². The molecular weight excluding hydrogens is 229 g/mol. The van der Waals surface area contributed by atoms with Crippen molar-refractivity contribution in [2.24, 2.45) is 0 Å². The Morgan fingerprint density at radius 2 is 2.29 bits per heavy atom. The van der Waals surface area contributed by atoms with Crippen LogP contribution in [0.1, 0.15) is 6.42 Å². The highest BCUT2D eigenvalue weighted by Crippen LogP contribution is 2.33. The molecule has 0 spiro atoms. The van der Waals surface area contributed by atoms with Gasteiger partial charge in [0, 0.05) is 6.04 Å². The molecule has 1 aliphatic carbocycles. The second-order valence-corrected chi connectivity index (χ2v) is 3.96. The van der Waals surface area contributed by atoms with Crippen LogP contribution in [0.5, 0.6) is 0 Å². The Balaban J connectivity index is 1.96. The highest BCUT2D eigenvalue weighted by Gasteiger charge is 2.53. The van der Waals surface area contributed by atoms with Crippen LogP contribution in [0.4, 0.5) is 4.79 Å². The van der Waals surface area contributed by atoms with Gasteiger partial charge >= 0.3 is 6.16 Å². The van der Waals surface area contributed by atoms with E-state index in [1.54, 1.807) is 0 Å². The number of aliphatic hydroxyl groups excluding tert-OH is 1. The molecule has 2 rings (SSSR count). The van der Waals surface area contributed by atoms with Crippen LogP contribution < -0.4 is 5.23 Å². The van der Waals surface area contributed by atoms with Gasteiger partial charge in [0.25, 0.3) is 7.41 Å². The highest BCUT2D eigenvalue weighted by atomic mass is 16.8. The van der Waals surface area contributed by atoms with E-state index in [9.17, 15) is 9.59 Å². The van der Waals surface area contributed by atoms with Crippen LogP contribution >= 0.6 is 0 Å². The van der Waals surface area contributed by atoms with Gasteiger partial charge in [0.15, 0.2) is 12.2 Å². The third kappa shape index (κ3) is 2.59. The molecule has 7 nitrogen and oxygen atoms in total. The van der Waals surface area contributed by atoms with Crippen molar-refractivity contribution in [3.8, 4) is 0 Å². The van der Waals surface area contributed by atoms with Crippen molar-refractivity contribution < 1.29 is 28.9 Å². The molecule has 0 radical (unpaired) electrons. The van der Waals surface area contributed by atoms with Crippen LogP contribution in [0.25, 0.3) is 0 Å². The van der Waals surface area contributed by atoms with Crippen LogP contribution in [-0.2, 0) is 19.0 Å². The second-order valence-electron chi connectivity index (χ2n) is 3.96. The molecule has 8 heteroatoms. The molecule has 0 unspecified atom stereocenters. The van der Waals surface area contributed by atoms with Crippen LogP contribution in [0, 0.1) is 0 Å². The molecule has 4 atom stereocenters. The van der Waals surface area contributed by atoms with Crippen LogP contribution in [0.2, 0.25) is 0 Å². The van der Waals surface area contributed by atoms with Gasteiger partial charge in [-0.25, -0.2) is 4.79 Å². The van der Waals surface area contributed by atoms with Crippen LogP contribution in [-0.4, -0.2) is 62.4 Å². The zero-order valence-electron chi connectivity index (χ0n) is 9.20. The van der Waals surface area contributed by atoms with E-state index in [1.807, 2.05) is 0 Å². The number of hydrogen-bond donors (Lipinski definition) is 2. The number of hydrogen-bond acceptors (Lipinski definition) is 7. The summed E-state index contributed by atoms with van der Waals surface area (Å²) in [4.78, 5) is 21.4. The number of rotatable bonds is 6. The summed E-state index contributed by atoms with van der Waals surface area (Å²) >= 11 is 0. The lowest BCUT2D eigenvalue weighted by Crippen LogP contribution is -2.41. The van der Waals surface area contributed by atoms with Gasteiger partial charge < -0.3 is 29.3 Å². The molecule has 2 fully saturated rings. The largest absolute Gasteiger partial charge is 0.509 e. The molecule has 2 N–H and O–H groups in total. The van der Waals surface area contributed by atoms with E-state index in [0.717, 1.165) is 6.19 Å². The van der Waals surface area contributed by atoms with Gasteiger partial charge in [-0.1, -0.05) is 0 Å². The fourth-order valence-corrected chi connectivity index (χ4v) is 2.27. The Morgan fingerprint density at radius 3 is 3.00 bits per heavy atom. The molecule has 1 aliphatic heterocycles. The second kappa shape index (κ2) is 5.48. The first-order valence-corrected chi connectivity index (χ1v) is 5.53. The van der Waals surface area contributed by atoms with Gasteiger partial charge in [-0.3, -0.25) is 0 Å². The molecule has 0 aromatic rings. The van der Waals surface area contributed by atoms with Crippen molar-refractivity contribution in [2.45, 2.75) is 30.8 Å². The topological polar surface area (TPSA) is 94.1 Å². The SMILES string of the molecule is O=CBN[C@@H]1C[C@H](OCCO)[C@H]2OC(=O)O[C@H]21. The highest BCUT2D eigenvalue weighted by molar-refractivity contribution is 6.64. The predicted molar refractivity (Wildman–Crippen MR) is 57.4 cm³/mol. The number of nitrogens with one attached hydrogen (secondary N) is 1. The normalized spacial score (nSPS) is 35.0. The summed E-state index contributed by atoms with van der Waals surface area (Å²) in [7, 11) is 0.193. The van der Waals surface area contributed by atoms with E-state index >= 15 is 0 Å². The molecule has 0 amide bonds.